The van der Waals surface area contributed by atoms with E-state index in [2.05, 4.69) is 4.98 Å². The van der Waals surface area contributed by atoms with Crippen molar-refractivity contribution < 1.29 is 19.1 Å². The molecule has 0 unspecified atom stereocenters. The van der Waals surface area contributed by atoms with Crippen molar-refractivity contribution >= 4 is 17.8 Å². The van der Waals surface area contributed by atoms with Crippen molar-refractivity contribution in [2.45, 2.75) is 6.61 Å². The molecule has 0 aliphatic carbocycles. The van der Waals surface area contributed by atoms with E-state index in [9.17, 15) is 9.59 Å². The summed E-state index contributed by atoms with van der Waals surface area (Å²) in [6.07, 6.45) is 6.39. The van der Waals surface area contributed by atoms with Gasteiger partial charge < -0.3 is 9.47 Å². The number of hydrogen-bond donors (Lipinski definition) is 0. The molecule has 0 amide bonds. The van der Waals surface area contributed by atoms with Crippen LogP contribution in [0.1, 0.15) is 31.8 Å². The van der Waals surface area contributed by atoms with E-state index in [4.69, 9.17) is 9.47 Å². The Balaban J connectivity index is 1.68. The molecular formula is C23H19NO4. The van der Waals surface area contributed by atoms with Crippen LogP contribution in [0.25, 0.3) is 6.08 Å². The Kier molecular flexibility index (Phi) is 6.31. The number of methoxy groups -OCH3 is 1. The number of ketones is 1. The maximum absolute atomic E-state index is 12.2. The lowest BCUT2D eigenvalue weighted by Crippen LogP contribution is -2.02. The Labute approximate surface area is 163 Å². The molecule has 5 nitrogen and oxygen atoms in total. The van der Waals surface area contributed by atoms with Gasteiger partial charge in [-0.05, 0) is 48.0 Å². The first-order chi connectivity index (χ1) is 13.7. The molecule has 0 spiro atoms. The van der Waals surface area contributed by atoms with E-state index in [-0.39, 0.29) is 11.8 Å². The molecule has 1 heterocycles. The number of carbonyl (C=O) groups excluding carboxylic acids is 2. The van der Waals surface area contributed by atoms with Crippen LogP contribution in [0.5, 0.6) is 5.75 Å². The molecular weight excluding hydrogens is 354 g/mol. The van der Waals surface area contributed by atoms with Gasteiger partial charge in [0.1, 0.15) is 12.4 Å². The van der Waals surface area contributed by atoms with Gasteiger partial charge in [0, 0.05) is 23.5 Å². The fourth-order valence-corrected chi connectivity index (χ4v) is 2.54. The number of benzene rings is 2. The second-order valence-corrected chi connectivity index (χ2v) is 5.95. The quantitative estimate of drug-likeness (QED) is 0.350. The highest BCUT2D eigenvalue weighted by atomic mass is 16.5. The van der Waals surface area contributed by atoms with Gasteiger partial charge in [-0.1, -0.05) is 30.3 Å². The van der Waals surface area contributed by atoms with Crippen LogP contribution in [0.15, 0.2) is 79.1 Å². The van der Waals surface area contributed by atoms with E-state index in [1.54, 1.807) is 36.5 Å². The smallest absolute Gasteiger partial charge is 0.337 e. The van der Waals surface area contributed by atoms with E-state index in [1.165, 1.54) is 19.4 Å². The standard InChI is InChI=1S/C23H19NO4/c1-27-23(26)19-10-8-17(9-11-19)16-28-22-7-3-2-5-18(22)12-13-21(25)20-6-4-14-24-15-20/h2-15H,16H2,1H3. The number of hydrogen-bond acceptors (Lipinski definition) is 5. The van der Waals surface area contributed by atoms with Crippen LogP contribution in [0.3, 0.4) is 0 Å². The minimum Gasteiger partial charge on any atom is -0.488 e. The molecule has 1 aromatic heterocycles. The van der Waals surface area contributed by atoms with Gasteiger partial charge in [0.15, 0.2) is 5.78 Å². The monoisotopic (exact) mass is 373 g/mol. The molecule has 3 aromatic rings. The van der Waals surface area contributed by atoms with Crippen molar-refractivity contribution in [3.8, 4) is 5.75 Å². The number of allylic oxidation sites excluding steroid dienone is 1. The van der Waals surface area contributed by atoms with E-state index < -0.39 is 0 Å². The number of esters is 1. The van der Waals surface area contributed by atoms with Crippen molar-refractivity contribution in [2.24, 2.45) is 0 Å². The largest absolute Gasteiger partial charge is 0.488 e. The van der Waals surface area contributed by atoms with Crippen LogP contribution in [-0.2, 0) is 11.3 Å². The maximum atomic E-state index is 12.2. The summed E-state index contributed by atoms with van der Waals surface area (Å²) in [5.41, 5.74) is 2.73. The summed E-state index contributed by atoms with van der Waals surface area (Å²) in [4.78, 5) is 27.7. The first-order valence-electron chi connectivity index (χ1n) is 8.69. The molecule has 0 fully saturated rings. The zero-order chi connectivity index (χ0) is 19.8. The third kappa shape index (κ3) is 4.92. The predicted octanol–water partition coefficient (Wildman–Crippen LogP) is 4.34. The third-order valence-corrected chi connectivity index (χ3v) is 4.05. The van der Waals surface area contributed by atoms with Crippen LogP contribution < -0.4 is 4.74 Å². The topological polar surface area (TPSA) is 65.5 Å². The van der Waals surface area contributed by atoms with Crippen LogP contribution in [-0.4, -0.2) is 23.8 Å². The molecule has 0 saturated heterocycles. The van der Waals surface area contributed by atoms with Crippen LogP contribution >= 0.6 is 0 Å². The highest BCUT2D eigenvalue weighted by Crippen LogP contribution is 2.21. The fourth-order valence-electron chi connectivity index (χ4n) is 2.54. The average molecular weight is 373 g/mol. The zero-order valence-corrected chi connectivity index (χ0v) is 15.4. The van der Waals surface area contributed by atoms with Gasteiger partial charge in [-0.2, -0.15) is 0 Å². The minimum atomic E-state index is -0.374. The summed E-state index contributed by atoms with van der Waals surface area (Å²) in [6, 6.07) is 17.9. The summed E-state index contributed by atoms with van der Waals surface area (Å²) in [5.74, 6) is 0.164. The predicted molar refractivity (Wildman–Crippen MR) is 106 cm³/mol. The molecule has 140 valence electrons. The lowest BCUT2D eigenvalue weighted by Gasteiger charge is -2.09. The molecule has 2 aromatic carbocycles. The number of nitrogens with zero attached hydrogens (tertiary/aromatic N) is 1. The molecule has 0 N–H and O–H groups in total. The first-order valence-corrected chi connectivity index (χ1v) is 8.69. The first kappa shape index (κ1) is 19.0. The van der Waals surface area contributed by atoms with Gasteiger partial charge in [-0.15, -0.1) is 0 Å². The Morgan fingerprint density at radius 3 is 2.46 bits per heavy atom. The van der Waals surface area contributed by atoms with Crippen molar-refractivity contribution in [2.75, 3.05) is 7.11 Å². The van der Waals surface area contributed by atoms with Crippen molar-refractivity contribution in [3.05, 3.63) is 101 Å². The molecule has 0 aliphatic rings. The fraction of sp³-hybridized carbons (Fsp3) is 0.0870. The number of aromatic nitrogens is 1. The Morgan fingerprint density at radius 2 is 1.75 bits per heavy atom. The molecule has 0 atom stereocenters. The lowest BCUT2D eigenvalue weighted by molar-refractivity contribution is 0.0600. The molecule has 0 bridgehead atoms. The van der Waals surface area contributed by atoms with Gasteiger partial charge >= 0.3 is 5.97 Å². The zero-order valence-electron chi connectivity index (χ0n) is 15.4. The summed E-state index contributed by atoms with van der Waals surface area (Å²) >= 11 is 0. The van der Waals surface area contributed by atoms with E-state index >= 15 is 0 Å². The summed E-state index contributed by atoms with van der Waals surface area (Å²) in [5, 5.41) is 0. The molecule has 3 rings (SSSR count). The lowest BCUT2D eigenvalue weighted by atomic mass is 10.1. The maximum Gasteiger partial charge on any atom is 0.337 e. The minimum absolute atomic E-state index is 0.124. The van der Waals surface area contributed by atoms with E-state index in [1.807, 2.05) is 36.4 Å². The molecule has 0 aliphatic heterocycles. The third-order valence-electron chi connectivity index (χ3n) is 4.05. The second-order valence-electron chi connectivity index (χ2n) is 5.95. The Hall–Kier alpha value is -3.73. The second kappa shape index (κ2) is 9.28. The number of rotatable bonds is 7. The normalized spacial score (nSPS) is 10.6. The number of pyridine rings is 1. The summed E-state index contributed by atoms with van der Waals surface area (Å²) in [6.45, 7) is 0.336. The van der Waals surface area contributed by atoms with Gasteiger partial charge in [-0.3, -0.25) is 9.78 Å². The Bertz CT molecular complexity index is 979. The van der Waals surface area contributed by atoms with Crippen molar-refractivity contribution in [1.82, 2.24) is 4.98 Å². The molecule has 5 heteroatoms. The Morgan fingerprint density at radius 1 is 0.964 bits per heavy atom. The van der Waals surface area contributed by atoms with Crippen LogP contribution in [0, 0.1) is 0 Å². The number of carbonyl (C=O) groups is 2. The SMILES string of the molecule is COC(=O)c1ccc(COc2ccccc2C=CC(=O)c2cccnc2)cc1. The number of para-hydroxylation sites is 1. The highest BCUT2D eigenvalue weighted by molar-refractivity contribution is 6.06. The number of ether oxygens (including phenoxy) is 2. The highest BCUT2D eigenvalue weighted by Gasteiger charge is 2.06. The van der Waals surface area contributed by atoms with Gasteiger partial charge in [0.05, 0.1) is 12.7 Å². The van der Waals surface area contributed by atoms with Gasteiger partial charge in [0.2, 0.25) is 0 Å². The van der Waals surface area contributed by atoms with Crippen molar-refractivity contribution in [1.29, 1.82) is 0 Å². The van der Waals surface area contributed by atoms with Crippen LogP contribution in [0.4, 0.5) is 0 Å². The molecule has 0 saturated carbocycles. The van der Waals surface area contributed by atoms with Gasteiger partial charge in [0.25, 0.3) is 0 Å². The van der Waals surface area contributed by atoms with Gasteiger partial charge in [-0.25, -0.2) is 4.79 Å². The summed E-state index contributed by atoms with van der Waals surface area (Å²) < 4.78 is 10.6. The average Bonchev–Trinajstić information content (AvgIpc) is 2.77. The summed E-state index contributed by atoms with van der Waals surface area (Å²) in [7, 11) is 1.35. The molecule has 28 heavy (non-hydrogen) atoms. The van der Waals surface area contributed by atoms with E-state index in [0.29, 0.717) is 23.5 Å². The van der Waals surface area contributed by atoms with Crippen molar-refractivity contribution in [3.63, 3.8) is 0 Å². The molecule has 0 radical (unpaired) electrons. The van der Waals surface area contributed by atoms with Crippen LogP contribution in [0.2, 0.25) is 0 Å². The van der Waals surface area contributed by atoms with E-state index in [0.717, 1.165) is 11.1 Å².